The average Bonchev–Trinajstić information content (AvgIpc) is 2.16. The molecule has 0 saturated carbocycles. The second-order valence-corrected chi connectivity index (χ2v) is 5.94. The maximum Gasteiger partial charge on any atom is 0.333 e. The van der Waals surface area contributed by atoms with Crippen LogP contribution in [0.15, 0.2) is 34.1 Å². The van der Waals surface area contributed by atoms with E-state index in [-0.39, 0.29) is 6.54 Å². The smallest absolute Gasteiger partial charge is 0.211 e. The summed E-state index contributed by atoms with van der Waals surface area (Å²) >= 11 is 0. The van der Waals surface area contributed by atoms with Gasteiger partial charge >= 0.3 is 10.2 Å². The van der Waals surface area contributed by atoms with Crippen molar-refractivity contribution >= 4 is 20.2 Å². The van der Waals surface area contributed by atoms with Crippen LogP contribution in [0.5, 0.6) is 0 Å². The van der Waals surface area contributed by atoms with Gasteiger partial charge in [-0.2, -0.15) is 8.42 Å². The molecule has 0 bridgehead atoms. The predicted octanol–water partition coefficient (Wildman–Crippen LogP) is 0.643. The van der Waals surface area contributed by atoms with Crippen LogP contribution in [0.2, 0.25) is 0 Å². The van der Waals surface area contributed by atoms with Crippen LogP contribution in [0.3, 0.4) is 0 Å². The third-order valence-corrected chi connectivity index (χ3v) is 4.35. The Labute approximate surface area is 93.6 Å². The molecule has 0 aliphatic carbocycles. The predicted molar refractivity (Wildman–Crippen MR) is 55.6 cm³/mol. The van der Waals surface area contributed by atoms with Gasteiger partial charge in [0.1, 0.15) is 9.79 Å². The maximum absolute atomic E-state index is 12.8. The van der Waals surface area contributed by atoms with E-state index in [0.717, 1.165) is 12.1 Å². The molecule has 0 fully saturated rings. The minimum atomic E-state index is -5.05. The van der Waals surface area contributed by atoms with E-state index in [2.05, 4.69) is 4.72 Å². The Bertz CT molecular complexity index is 580. The molecular formula is C8H10FNO4S2. The Hall–Kier alpha value is -0.990. The van der Waals surface area contributed by atoms with Crippen LogP contribution >= 0.6 is 0 Å². The van der Waals surface area contributed by atoms with Crippen molar-refractivity contribution in [2.24, 2.45) is 0 Å². The molecule has 0 saturated heterocycles. The summed E-state index contributed by atoms with van der Waals surface area (Å²) in [5.41, 5.74) is 0. The van der Waals surface area contributed by atoms with Crippen molar-refractivity contribution in [1.29, 1.82) is 0 Å². The molecule has 90 valence electrons. The molecule has 0 heterocycles. The fourth-order valence-corrected chi connectivity index (χ4v) is 3.44. The van der Waals surface area contributed by atoms with Crippen LogP contribution in [0.25, 0.3) is 0 Å². The zero-order valence-corrected chi connectivity index (χ0v) is 9.98. The van der Waals surface area contributed by atoms with E-state index in [1.54, 1.807) is 0 Å². The Kier molecular flexibility index (Phi) is 3.66. The van der Waals surface area contributed by atoms with Gasteiger partial charge in [-0.25, -0.2) is 13.1 Å². The number of rotatable bonds is 4. The molecule has 0 spiro atoms. The van der Waals surface area contributed by atoms with E-state index >= 15 is 0 Å². The standard InChI is InChI=1S/C8H10FNO4S2/c1-2-10-16(13,14)8-6-4-3-5-7(8)15(9,11)12/h3-6,10H,2H2,1H3. The molecule has 1 aromatic rings. The Morgan fingerprint density at radius 1 is 1.12 bits per heavy atom. The van der Waals surface area contributed by atoms with Crippen molar-refractivity contribution in [3.63, 3.8) is 0 Å². The fourth-order valence-electron chi connectivity index (χ4n) is 1.14. The van der Waals surface area contributed by atoms with Gasteiger partial charge in [0.15, 0.2) is 0 Å². The molecular weight excluding hydrogens is 257 g/mol. The Morgan fingerprint density at radius 3 is 2.06 bits per heavy atom. The molecule has 1 aromatic carbocycles. The minimum absolute atomic E-state index is 0.0863. The van der Waals surface area contributed by atoms with Gasteiger partial charge in [-0.05, 0) is 12.1 Å². The SMILES string of the molecule is CCNS(=O)(=O)c1ccccc1S(=O)(=O)F. The molecule has 16 heavy (non-hydrogen) atoms. The van der Waals surface area contributed by atoms with Crippen LogP contribution in [0.4, 0.5) is 3.89 Å². The monoisotopic (exact) mass is 267 g/mol. The first-order chi connectivity index (χ1) is 7.29. The third kappa shape index (κ3) is 2.77. The van der Waals surface area contributed by atoms with Gasteiger partial charge < -0.3 is 0 Å². The number of hydrogen-bond acceptors (Lipinski definition) is 4. The first-order valence-corrected chi connectivity index (χ1v) is 7.19. The first-order valence-electron chi connectivity index (χ1n) is 4.32. The van der Waals surface area contributed by atoms with Crippen LogP contribution in [0.1, 0.15) is 6.92 Å². The van der Waals surface area contributed by atoms with Gasteiger partial charge in [-0.15, -0.1) is 3.89 Å². The second-order valence-electron chi connectivity index (χ2n) is 2.89. The first kappa shape index (κ1) is 13.1. The molecule has 0 aliphatic heterocycles. The molecule has 0 unspecified atom stereocenters. The molecule has 0 radical (unpaired) electrons. The Balaban J connectivity index is 3.48. The van der Waals surface area contributed by atoms with Crippen molar-refractivity contribution in [2.45, 2.75) is 16.7 Å². The molecule has 1 rings (SSSR count). The number of nitrogens with one attached hydrogen (secondary N) is 1. The molecule has 8 heteroatoms. The molecule has 1 N–H and O–H groups in total. The van der Waals surface area contributed by atoms with Crippen LogP contribution in [0, 0.1) is 0 Å². The van der Waals surface area contributed by atoms with E-state index in [0.29, 0.717) is 0 Å². The van der Waals surface area contributed by atoms with Crippen LogP contribution < -0.4 is 4.72 Å². The highest BCUT2D eigenvalue weighted by atomic mass is 32.3. The quantitative estimate of drug-likeness (QED) is 0.812. The molecule has 0 amide bonds. The summed E-state index contributed by atoms with van der Waals surface area (Å²) in [5.74, 6) is 0. The van der Waals surface area contributed by atoms with E-state index < -0.39 is 30.0 Å². The Morgan fingerprint density at radius 2 is 1.62 bits per heavy atom. The lowest BCUT2D eigenvalue weighted by Gasteiger charge is -2.07. The van der Waals surface area contributed by atoms with Crippen molar-refractivity contribution in [3.05, 3.63) is 24.3 Å². The lowest BCUT2D eigenvalue weighted by Crippen LogP contribution is -2.24. The second kappa shape index (κ2) is 4.48. The number of sulfonamides is 1. The zero-order chi connectivity index (χ0) is 12.4. The summed E-state index contributed by atoms with van der Waals surface area (Å²) < 4.78 is 59.5. The van der Waals surface area contributed by atoms with E-state index in [1.807, 2.05) is 0 Å². The van der Waals surface area contributed by atoms with Crippen molar-refractivity contribution in [2.75, 3.05) is 6.54 Å². The normalized spacial score (nSPS) is 12.6. The highest BCUT2D eigenvalue weighted by Crippen LogP contribution is 2.21. The molecule has 5 nitrogen and oxygen atoms in total. The van der Waals surface area contributed by atoms with Crippen molar-refractivity contribution in [1.82, 2.24) is 4.72 Å². The van der Waals surface area contributed by atoms with Gasteiger partial charge in [0.05, 0.1) is 0 Å². The highest BCUT2D eigenvalue weighted by Gasteiger charge is 2.24. The zero-order valence-electron chi connectivity index (χ0n) is 8.34. The van der Waals surface area contributed by atoms with Gasteiger partial charge in [-0.3, -0.25) is 0 Å². The van der Waals surface area contributed by atoms with Gasteiger partial charge in [0.25, 0.3) is 0 Å². The largest absolute Gasteiger partial charge is 0.333 e. The molecule has 0 atom stereocenters. The van der Waals surface area contributed by atoms with E-state index in [1.165, 1.54) is 19.1 Å². The highest BCUT2D eigenvalue weighted by molar-refractivity contribution is 7.91. The van der Waals surface area contributed by atoms with E-state index in [9.17, 15) is 20.7 Å². The summed E-state index contributed by atoms with van der Waals surface area (Å²) in [6.07, 6.45) is 0. The summed E-state index contributed by atoms with van der Waals surface area (Å²) in [6, 6.07) is 4.50. The van der Waals surface area contributed by atoms with Crippen LogP contribution in [-0.4, -0.2) is 23.4 Å². The van der Waals surface area contributed by atoms with Gasteiger partial charge in [-0.1, -0.05) is 19.1 Å². The minimum Gasteiger partial charge on any atom is -0.211 e. The summed E-state index contributed by atoms with van der Waals surface area (Å²) in [5, 5.41) is 0. The van der Waals surface area contributed by atoms with Gasteiger partial charge in [0, 0.05) is 6.54 Å². The topological polar surface area (TPSA) is 80.3 Å². The van der Waals surface area contributed by atoms with Crippen molar-refractivity contribution < 1.29 is 20.7 Å². The lowest BCUT2D eigenvalue weighted by molar-refractivity contribution is 0.545. The third-order valence-electron chi connectivity index (χ3n) is 1.74. The van der Waals surface area contributed by atoms with E-state index in [4.69, 9.17) is 0 Å². The lowest BCUT2D eigenvalue weighted by atomic mass is 10.4. The average molecular weight is 267 g/mol. The number of hydrogen-bond donors (Lipinski definition) is 1. The maximum atomic E-state index is 12.8. The molecule has 0 aromatic heterocycles. The number of halogens is 1. The van der Waals surface area contributed by atoms with Crippen LogP contribution in [-0.2, 0) is 20.2 Å². The number of benzene rings is 1. The van der Waals surface area contributed by atoms with Crippen molar-refractivity contribution in [3.8, 4) is 0 Å². The summed E-state index contributed by atoms with van der Waals surface area (Å²) in [7, 11) is -9.05. The van der Waals surface area contributed by atoms with Gasteiger partial charge in [0.2, 0.25) is 10.0 Å². The fraction of sp³-hybridized carbons (Fsp3) is 0.250. The molecule has 0 aliphatic rings. The summed E-state index contributed by atoms with van der Waals surface area (Å²) in [4.78, 5) is -1.43. The summed E-state index contributed by atoms with van der Waals surface area (Å²) in [6.45, 7) is 1.62.